The number of thioether (sulfide) groups is 4. The first-order valence-corrected chi connectivity index (χ1v) is 51.1. The van der Waals surface area contributed by atoms with Crippen molar-refractivity contribution in [1.82, 2.24) is 0 Å². The number of nitro benzene ring substituents is 2. The number of alkyl halides is 1. The molecular weight excluding hydrogens is 2040 g/mol. The number of nitrogens with zero attached hydrogens (tertiary/aromatic N) is 2. The number of amides is 2. The number of nitrogen functional groups attached to an aromatic ring is 1. The van der Waals surface area contributed by atoms with E-state index in [4.69, 9.17) is 67.3 Å². The average molecular weight is 2170 g/mol. The second-order valence-corrected chi connectivity index (χ2v) is 46.5. The van der Waals surface area contributed by atoms with E-state index in [9.17, 15) is 58.9 Å². The fourth-order valence-electron chi connectivity index (χ4n) is 12.4. The first kappa shape index (κ1) is 125. The van der Waals surface area contributed by atoms with E-state index in [1.54, 1.807) is 141 Å². The Kier molecular flexibility index (Phi) is 50.0. The van der Waals surface area contributed by atoms with Gasteiger partial charge in [0.1, 0.15) is 28.7 Å². The number of halogens is 1. The van der Waals surface area contributed by atoms with Crippen molar-refractivity contribution in [2.75, 3.05) is 80.4 Å². The molecule has 0 aliphatic heterocycles. The second kappa shape index (κ2) is 58.6. The quantitative estimate of drug-likeness (QED) is 0.00615. The standard InChI is InChI=1S/C26H35NO5S.C25H33NO5S.C21H25NO6S.C21H27NO4S.C17H16BrNO6.Na/c1-25(2,3)24(29)27-19-10-12-20(18(15-19)16-33-26(4,5)6)32-22-13-17(14-23(28)31-8)9-11-21(22)30-7;1-24(2,3)23(29)26-18-9-11-19(17(14-18)15-32-25(4,5)6)31-21-12-16(13-22(27)28)8-10-20(21)30-7;1-21(2,3)29-13-15-12-16(22(24)25)7-9-17(15)28-19-10-14(11-20(23)27-5)6-8-18(19)26-4;1-21(2,3)27-13-15-12-16(22)7-9-17(15)26-19-10-14(11-20(23)25-5)6-8-18(19)24-4;1-23-15-5-3-11(8-17(20)24-2)7-16(15)25-14-6-4-13(19(21)22)9-12(14)10-18;/h9-13,15H,14,16H2,1-8H3,(H,27,29);8-12,14H,13,15H2,1-7H3,(H,26,29)(H,27,28);6-10,12H,11,13H2,1-5H3;6-10,12H,11,13,22H2,1-5H3;3-7,9H,8,10H2,1-2H3;/q;;;;;+1/p-1. The summed E-state index contributed by atoms with van der Waals surface area (Å²) in [6.07, 6.45) is 0.295. The number of esters is 4. The van der Waals surface area contributed by atoms with Gasteiger partial charge >= 0.3 is 53.4 Å². The molecule has 0 aliphatic carbocycles. The van der Waals surface area contributed by atoms with Crippen LogP contribution in [0.3, 0.4) is 0 Å². The third kappa shape index (κ3) is 44.1. The first-order valence-electron chi connectivity index (χ1n) is 46.1. The van der Waals surface area contributed by atoms with Gasteiger partial charge in [-0.2, -0.15) is 47.0 Å². The van der Waals surface area contributed by atoms with Crippen LogP contribution in [0.4, 0.5) is 28.4 Å². The molecule has 0 radical (unpaired) electrons. The number of nitro groups is 2. The fourth-order valence-corrected chi connectivity index (χ4v) is 16.1. The summed E-state index contributed by atoms with van der Waals surface area (Å²) in [7, 11) is 13.1. The van der Waals surface area contributed by atoms with E-state index in [0.29, 0.717) is 142 Å². The third-order valence-corrected chi connectivity index (χ3v) is 26.2. The average Bonchev–Trinajstić information content (AvgIpc) is 0.800. The van der Waals surface area contributed by atoms with E-state index in [2.05, 4.69) is 114 Å². The number of methoxy groups -OCH3 is 9. The number of ether oxygens (including phenoxy) is 14. The van der Waals surface area contributed by atoms with Gasteiger partial charge < -0.3 is 92.6 Å². The van der Waals surface area contributed by atoms with Crippen LogP contribution in [0.5, 0.6) is 86.2 Å². The molecule has 0 saturated carbocycles. The molecule has 37 heteroatoms. The van der Waals surface area contributed by atoms with Gasteiger partial charge in [0, 0.05) is 140 Å². The minimum atomic E-state index is -1.16. The summed E-state index contributed by atoms with van der Waals surface area (Å²) in [6, 6.07) is 51.6. The third-order valence-electron chi connectivity index (χ3n) is 20.3. The summed E-state index contributed by atoms with van der Waals surface area (Å²) in [4.78, 5) is 103. The number of nitrogens with one attached hydrogen (secondary N) is 2. The van der Waals surface area contributed by atoms with Crippen LogP contribution in [0, 0.1) is 31.1 Å². The molecule has 0 atom stereocenters. The maximum absolute atomic E-state index is 12.5. The van der Waals surface area contributed by atoms with Gasteiger partial charge in [0.25, 0.3) is 11.4 Å². The van der Waals surface area contributed by atoms with Crippen LogP contribution in [0.1, 0.15) is 180 Å². The molecule has 0 bridgehead atoms. The number of hydrogen-bond acceptors (Lipinski definition) is 31. The number of anilines is 3. The Morgan fingerprint density at radius 1 is 0.306 bits per heavy atom. The van der Waals surface area contributed by atoms with Crippen molar-refractivity contribution in [3.8, 4) is 86.2 Å². The minimum Gasteiger partial charge on any atom is -0.550 e. The molecular formula is C110H135BrN5NaO26S4. The number of carbonyl (C=O) groups excluding carboxylic acids is 7. The van der Waals surface area contributed by atoms with Crippen molar-refractivity contribution in [2.24, 2.45) is 10.8 Å². The molecule has 788 valence electrons. The molecule has 10 aromatic carbocycles. The van der Waals surface area contributed by atoms with Crippen molar-refractivity contribution in [2.45, 2.75) is 204 Å². The fraction of sp³-hybridized carbons (Fsp3) is 0.391. The van der Waals surface area contributed by atoms with E-state index < -0.39 is 26.6 Å². The number of rotatable bonds is 38. The number of carbonyl (C=O) groups is 7. The van der Waals surface area contributed by atoms with Crippen LogP contribution in [0.25, 0.3) is 0 Å². The van der Waals surface area contributed by atoms with Crippen LogP contribution in [-0.2, 0) is 113 Å². The number of aliphatic carboxylic acids is 1. The number of benzene rings is 10. The first-order chi connectivity index (χ1) is 68.4. The Hall–Kier alpha value is -12.0. The Balaban J connectivity index is 0.000000324. The summed E-state index contributed by atoms with van der Waals surface area (Å²) in [6.45, 7) is 36.8. The second-order valence-electron chi connectivity index (χ2n) is 38.8. The summed E-state index contributed by atoms with van der Waals surface area (Å²) >= 11 is 10.3. The molecule has 0 unspecified atom stereocenters. The van der Waals surface area contributed by atoms with Crippen LogP contribution in [0.15, 0.2) is 182 Å². The van der Waals surface area contributed by atoms with Crippen LogP contribution < -0.4 is 98.4 Å². The van der Waals surface area contributed by atoms with E-state index in [0.717, 1.165) is 45.0 Å². The largest absolute Gasteiger partial charge is 1.00 e. The van der Waals surface area contributed by atoms with Crippen molar-refractivity contribution in [1.29, 1.82) is 0 Å². The molecule has 10 aromatic rings. The summed E-state index contributed by atoms with van der Waals surface area (Å²) < 4.78 is 76.6. The number of hydrogen-bond donors (Lipinski definition) is 3. The van der Waals surface area contributed by atoms with E-state index in [1.807, 2.05) is 114 Å². The summed E-state index contributed by atoms with van der Waals surface area (Å²) in [5.74, 6) is 7.88. The van der Waals surface area contributed by atoms with E-state index in [1.165, 1.54) is 80.1 Å². The SMILES string of the molecule is COC(=O)Cc1ccc(OC)c(Oc2ccc(N)cc2CSC(C)(C)C)c1.COC(=O)Cc1ccc(OC)c(Oc2ccc(NC(=O)C(C)(C)C)cc2CSC(C)(C)C)c1.COC(=O)Cc1ccc(OC)c(Oc2ccc([N+](=O)[O-])cc2CBr)c1.COC(=O)Cc1ccc(OC)c(Oc2ccc([N+](=O)[O-])cc2CSC(C)(C)C)c1.COc1ccc(CC(=O)[O-])cc1Oc1ccc(NC(=O)C(C)(C)C)cc1CSC(C)(C)C.[Na+]. The topological polar surface area (TPSA) is 408 Å². The van der Waals surface area contributed by atoms with Crippen LogP contribution in [-0.4, -0.2) is 134 Å². The van der Waals surface area contributed by atoms with Crippen molar-refractivity contribution < 1.29 is 144 Å². The molecule has 2 amide bonds. The normalized spacial score (nSPS) is 11.1. The zero-order valence-electron chi connectivity index (χ0n) is 89.0. The smallest absolute Gasteiger partial charge is 0.550 e. The monoisotopic (exact) mass is 2170 g/mol. The zero-order chi connectivity index (χ0) is 109. The van der Waals surface area contributed by atoms with Gasteiger partial charge in [-0.05, 0) is 155 Å². The van der Waals surface area contributed by atoms with E-state index >= 15 is 0 Å². The molecule has 0 spiro atoms. The number of carboxylic acid groups (broad SMARTS) is 1. The predicted octanol–water partition coefficient (Wildman–Crippen LogP) is 22.0. The predicted molar refractivity (Wildman–Crippen MR) is 580 cm³/mol. The molecule has 0 aromatic heterocycles. The molecule has 0 aliphatic rings. The molecule has 0 saturated heterocycles. The van der Waals surface area contributed by atoms with Gasteiger partial charge in [0.15, 0.2) is 57.5 Å². The Labute approximate surface area is 909 Å². The Morgan fingerprint density at radius 3 is 0.762 bits per heavy atom. The van der Waals surface area contributed by atoms with Gasteiger partial charge in [-0.25, -0.2) is 0 Å². The van der Waals surface area contributed by atoms with Gasteiger partial charge in [0.2, 0.25) is 11.8 Å². The molecule has 0 fully saturated rings. The Bertz CT molecular complexity index is 6160. The van der Waals surface area contributed by atoms with Crippen molar-refractivity contribution in [3.05, 3.63) is 258 Å². The summed E-state index contributed by atoms with van der Waals surface area (Å²) in [5.41, 5.74) is 14.8. The van der Waals surface area contributed by atoms with Gasteiger partial charge in [-0.3, -0.25) is 49.0 Å². The van der Waals surface area contributed by atoms with Crippen molar-refractivity contribution >= 4 is 133 Å². The molecule has 0 heterocycles. The van der Waals surface area contributed by atoms with E-state index in [-0.39, 0.29) is 128 Å². The molecule has 4 N–H and O–H groups in total. The molecule has 147 heavy (non-hydrogen) atoms. The number of nitrogens with two attached hydrogens (primary N) is 1. The van der Waals surface area contributed by atoms with Gasteiger partial charge in [0.05, 0.1) is 99.5 Å². The maximum Gasteiger partial charge on any atom is 1.00 e. The number of non-ortho nitro benzene ring substituents is 2. The van der Waals surface area contributed by atoms with Gasteiger partial charge in [-0.15, -0.1) is 0 Å². The van der Waals surface area contributed by atoms with Gasteiger partial charge in [-0.1, -0.05) is 171 Å². The molecule has 10 rings (SSSR count). The zero-order valence-corrected chi connectivity index (χ0v) is 95.8. The number of carboxylic acids is 1. The minimum absolute atomic E-state index is 0. The summed E-state index contributed by atoms with van der Waals surface area (Å²) in [5, 5.41) is 39.4. The van der Waals surface area contributed by atoms with Crippen LogP contribution >= 0.6 is 63.0 Å². The maximum atomic E-state index is 12.5. The molecule has 31 nitrogen and oxygen atoms in total. The van der Waals surface area contributed by atoms with Crippen molar-refractivity contribution in [3.63, 3.8) is 0 Å². The Morgan fingerprint density at radius 2 is 0.531 bits per heavy atom. The van der Waals surface area contributed by atoms with Crippen LogP contribution in [0.2, 0.25) is 0 Å².